The van der Waals surface area contributed by atoms with Crippen molar-refractivity contribution in [3.63, 3.8) is 0 Å². The predicted octanol–water partition coefficient (Wildman–Crippen LogP) is 2.68. The molecule has 0 fully saturated rings. The molecule has 0 radical (unpaired) electrons. The Morgan fingerprint density at radius 3 is 2.53 bits per heavy atom. The SMILES string of the molecule is COc1ccc(C)cc1C(N)COCC(C)C. The van der Waals surface area contributed by atoms with E-state index in [1.165, 1.54) is 5.56 Å². The molecule has 0 aliphatic heterocycles. The molecule has 2 N–H and O–H groups in total. The molecule has 0 saturated carbocycles. The number of methoxy groups -OCH3 is 1. The minimum atomic E-state index is -0.136. The van der Waals surface area contributed by atoms with Crippen molar-refractivity contribution in [2.75, 3.05) is 20.3 Å². The van der Waals surface area contributed by atoms with Crippen LogP contribution in [0.25, 0.3) is 0 Å². The number of rotatable bonds is 6. The predicted molar refractivity (Wildman–Crippen MR) is 70.3 cm³/mol. The molecule has 1 aromatic carbocycles. The average Bonchev–Trinajstić information content (AvgIpc) is 2.28. The molecule has 17 heavy (non-hydrogen) atoms. The Hall–Kier alpha value is -1.06. The van der Waals surface area contributed by atoms with Gasteiger partial charge in [-0.1, -0.05) is 31.5 Å². The summed E-state index contributed by atoms with van der Waals surface area (Å²) in [7, 11) is 1.66. The maximum atomic E-state index is 6.12. The molecule has 0 aromatic heterocycles. The highest BCUT2D eigenvalue weighted by Crippen LogP contribution is 2.25. The highest BCUT2D eigenvalue weighted by atomic mass is 16.5. The van der Waals surface area contributed by atoms with Crippen molar-refractivity contribution in [3.05, 3.63) is 29.3 Å². The Morgan fingerprint density at radius 2 is 1.94 bits per heavy atom. The number of ether oxygens (including phenoxy) is 2. The third-order valence-corrected chi connectivity index (χ3v) is 2.53. The first kappa shape index (κ1) is 14.0. The second-order valence-corrected chi connectivity index (χ2v) is 4.78. The minimum absolute atomic E-state index is 0.136. The van der Waals surface area contributed by atoms with Crippen LogP contribution in [0.15, 0.2) is 18.2 Å². The lowest BCUT2D eigenvalue weighted by Crippen LogP contribution is -2.19. The Morgan fingerprint density at radius 1 is 1.24 bits per heavy atom. The molecule has 3 heteroatoms. The Kier molecular flexibility index (Phi) is 5.45. The quantitative estimate of drug-likeness (QED) is 0.827. The van der Waals surface area contributed by atoms with Gasteiger partial charge in [-0.25, -0.2) is 0 Å². The second-order valence-electron chi connectivity index (χ2n) is 4.78. The Bertz CT molecular complexity index is 350. The summed E-state index contributed by atoms with van der Waals surface area (Å²) in [6.45, 7) is 7.56. The van der Waals surface area contributed by atoms with E-state index < -0.39 is 0 Å². The van der Waals surface area contributed by atoms with Gasteiger partial charge in [-0.15, -0.1) is 0 Å². The van der Waals surface area contributed by atoms with Crippen LogP contribution in [0, 0.1) is 12.8 Å². The summed E-state index contributed by atoms with van der Waals surface area (Å²) in [4.78, 5) is 0. The van der Waals surface area contributed by atoms with Gasteiger partial charge < -0.3 is 15.2 Å². The minimum Gasteiger partial charge on any atom is -0.496 e. The summed E-state index contributed by atoms with van der Waals surface area (Å²) in [5.41, 5.74) is 8.31. The molecular formula is C14H23NO2. The van der Waals surface area contributed by atoms with Crippen LogP contribution >= 0.6 is 0 Å². The van der Waals surface area contributed by atoms with Gasteiger partial charge in [0.25, 0.3) is 0 Å². The van der Waals surface area contributed by atoms with Gasteiger partial charge in [0.1, 0.15) is 5.75 Å². The van der Waals surface area contributed by atoms with Gasteiger partial charge in [-0.05, 0) is 18.9 Å². The summed E-state index contributed by atoms with van der Waals surface area (Å²) in [6.07, 6.45) is 0. The largest absolute Gasteiger partial charge is 0.496 e. The normalized spacial score (nSPS) is 12.8. The van der Waals surface area contributed by atoms with E-state index in [2.05, 4.69) is 19.9 Å². The third kappa shape index (κ3) is 4.36. The van der Waals surface area contributed by atoms with Crippen molar-refractivity contribution < 1.29 is 9.47 Å². The number of nitrogens with two attached hydrogens (primary N) is 1. The van der Waals surface area contributed by atoms with Gasteiger partial charge in [-0.3, -0.25) is 0 Å². The van der Waals surface area contributed by atoms with Gasteiger partial charge in [-0.2, -0.15) is 0 Å². The zero-order valence-corrected chi connectivity index (χ0v) is 11.2. The highest BCUT2D eigenvalue weighted by Gasteiger charge is 2.12. The van der Waals surface area contributed by atoms with Crippen LogP contribution in [0.1, 0.15) is 31.0 Å². The average molecular weight is 237 g/mol. The van der Waals surface area contributed by atoms with E-state index in [-0.39, 0.29) is 6.04 Å². The van der Waals surface area contributed by atoms with Gasteiger partial charge >= 0.3 is 0 Å². The third-order valence-electron chi connectivity index (χ3n) is 2.53. The van der Waals surface area contributed by atoms with Crippen molar-refractivity contribution in [1.82, 2.24) is 0 Å². The van der Waals surface area contributed by atoms with E-state index in [1.54, 1.807) is 7.11 Å². The van der Waals surface area contributed by atoms with Crippen LogP contribution in [0.5, 0.6) is 5.75 Å². The summed E-state index contributed by atoms with van der Waals surface area (Å²) in [5, 5.41) is 0. The van der Waals surface area contributed by atoms with Crippen molar-refractivity contribution in [1.29, 1.82) is 0 Å². The van der Waals surface area contributed by atoms with Gasteiger partial charge in [0, 0.05) is 12.2 Å². The van der Waals surface area contributed by atoms with Crippen LogP contribution in [-0.4, -0.2) is 20.3 Å². The second kappa shape index (κ2) is 6.62. The van der Waals surface area contributed by atoms with Crippen LogP contribution in [0.3, 0.4) is 0 Å². The van der Waals surface area contributed by atoms with Crippen molar-refractivity contribution >= 4 is 0 Å². The Labute approximate surface area is 104 Å². The zero-order chi connectivity index (χ0) is 12.8. The molecule has 0 amide bonds. The smallest absolute Gasteiger partial charge is 0.123 e. The van der Waals surface area contributed by atoms with Crippen LogP contribution < -0.4 is 10.5 Å². The summed E-state index contributed by atoms with van der Waals surface area (Å²) < 4.78 is 10.9. The van der Waals surface area contributed by atoms with E-state index in [4.69, 9.17) is 15.2 Å². The van der Waals surface area contributed by atoms with E-state index in [0.29, 0.717) is 12.5 Å². The monoisotopic (exact) mass is 237 g/mol. The van der Waals surface area contributed by atoms with Gasteiger partial charge in [0.2, 0.25) is 0 Å². The topological polar surface area (TPSA) is 44.5 Å². The van der Waals surface area contributed by atoms with Gasteiger partial charge in [0.05, 0.1) is 19.8 Å². The first-order valence-electron chi connectivity index (χ1n) is 6.02. The molecule has 0 spiro atoms. The highest BCUT2D eigenvalue weighted by molar-refractivity contribution is 5.39. The van der Waals surface area contributed by atoms with E-state index >= 15 is 0 Å². The fourth-order valence-electron chi connectivity index (χ4n) is 1.66. The maximum Gasteiger partial charge on any atom is 0.123 e. The van der Waals surface area contributed by atoms with Crippen molar-refractivity contribution in [2.45, 2.75) is 26.8 Å². The molecular weight excluding hydrogens is 214 g/mol. The summed E-state index contributed by atoms with van der Waals surface area (Å²) in [5.74, 6) is 1.36. The fourth-order valence-corrected chi connectivity index (χ4v) is 1.66. The number of benzene rings is 1. The molecule has 0 aliphatic rings. The first-order valence-corrected chi connectivity index (χ1v) is 6.02. The lowest BCUT2D eigenvalue weighted by Gasteiger charge is -2.17. The standard InChI is InChI=1S/C14H23NO2/c1-10(2)8-17-9-13(15)12-7-11(3)5-6-14(12)16-4/h5-7,10,13H,8-9,15H2,1-4H3. The molecule has 0 aliphatic carbocycles. The lowest BCUT2D eigenvalue weighted by atomic mass is 10.0. The molecule has 0 heterocycles. The van der Waals surface area contributed by atoms with Crippen LogP contribution in [0.2, 0.25) is 0 Å². The number of aryl methyl sites for hydroxylation is 1. The molecule has 1 rings (SSSR count). The molecule has 0 bridgehead atoms. The summed E-state index contributed by atoms with van der Waals surface area (Å²) >= 11 is 0. The fraction of sp³-hybridized carbons (Fsp3) is 0.571. The van der Waals surface area contributed by atoms with E-state index in [9.17, 15) is 0 Å². The van der Waals surface area contributed by atoms with Crippen molar-refractivity contribution in [3.8, 4) is 5.75 Å². The number of hydrogen-bond acceptors (Lipinski definition) is 3. The van der Waals surface area contributed by atoms with Gasteiger partial charge in [0.15, 0.2) is 0 Å². The molecule has 1 aromatic rings. The number of hydrogen-bond donors (Lipinski definition) is 1. The summed E-state index contributed by atoms with van der Waals surface area (Å²) in [6, 6.07) is 5.89. The van der Waals surface area contributed by atoms with Crippen LogP contribution in [-0.2, 0) is 4.74 Å². The van der Waals surface area contributed by atoms with Crippen LogP contribution in [0.4, 0.5) is 0 Å². The van der Waals surface area contributed by atoms with E-state index in [0.717, 1.165) is 17.9 Å². The molecule has 1 unspecified atom stereocenters. The maximum absolute atomic E-state index is 6.12. The molecule has 3 nitrogen and oxygen atoms in total. The van der Waals surface area contributed by atoms with E-state index in [1.807, 2.05) is 19.1 Å². The first-order chi connectivity index (χ1) is 8.04. The molecule has 0 saturated heterocycles. The lowest BCUT2D eigenvalue weighted by molar-refractivity contribution is 0.0978. The molecule has 1 atom stereocenters. The Balaban J connectivity index is 2.66. The zero-order valence-electron chi connectivity index (χ0n) is 11.2. The van der Waals surface area contributed by atoms with Crippen molar-refractivity contribution in [2.24, 2.45) is 11.7 Å². The molecule has 96 valence electrons.